The second-order valence-electron chi connectivity index (χ2n) is 6.52. The SMILES string of the molecule is Cc1ccc(C)c(N=Nc2c(-c3ccccc3)nc3c(C)cccn23)c1. The fourth-order valence-electron chi connectivity index (χ4n) is 3.01. The summed E-state index contributed by atoms with van der Waals surface area (Å²) in [5, 5.41) is 9.15. The third kappa shape index (κ3) is 2.90. The van der Waals surface area contributed by atoms with Gasteiger partial charge >= 0.3 is 0 Å². The third-order valence-electron chi connectivity index (χ3n) is 4.48. The van der Waals surface area contributed by atoms with Gasteiger partial charge < -0.3 is 0 Å². The number of benzene rings is 2. The minimum absolute atomic E-state index is 0.746. The average Bonchev–Trinajstić information content (AvgIpc) is 3.03. The number of azo groups is 1. The van der Waals surface area contributed by atoms with Crippen molar-refractivity contribution in [3.8, 4) is 11.3 Å². The molecule has 0 aliphatic carbocycles. The highest BCUT2D eigenvalue weighted by Crippen LogP contribution is 2.33. The third-order valence-corrected chi connectivity index (χ3v) is 4.48. The second kappa shape index (κ2) is 6.56. The van der Waals surface area contributed by atoms with Gasteiger partial charge in [0.25, 0.3) is 0 Å². The molecule has 0 fully saturated rings. The second-order valence-corrected chi connectivity index (χ2v) is 6.52. The zero-order chi connectivity index (χ0) is 18.1. The molecule has 2 aromatic carbocycles. The number of hydrogen-bond donors (Lipinski definition) is 0. The van der Waals surface area contributed by atoms with Crippen LogP contribution in [-0.2, 0) is 0 Å². The molecule has 2 heterocycles. The predicted molar refractivity (Wildman–Crippen MR) is 105 cm³/mol. The first-order valence-corrected chi connectivity index (χ1v) is 8.65. The zero-order valence-corrected chi connectivity index (χ0v) is 15.1. The Morgan fingerprint density at radius 1 is 0.808 bits per heavy atom. The van der Waals surface area contributed by atoms with E-state index in [0.717, 1.165) is 39.5 Å². The number of fused-ring (bicyclic) bond motifs is 1. The van der Waals surface area contributed by atoms with E-state index in [-0.39, 0.29) is 0 Å². The van der Waals surface area contributed by atoms with Crippen LogP contribution in [0.2, 0.25) is 0 Å². The first-order chi connectivity index (χ1) is 12.6. The number of aryl methyl sites for hydroxylation is 3. The molecular weight excluding hydrogens is 320 g/mol. The lowest BCUT2D eigenvalue weighted by molar-refractivity contribution is 1.09. The lowest BCUT2D eigenvalue weighted by Gasteiger charge is -2.02. The van der Waals surface area contributed by atoms with E-state index < -0.39 is 0 Å². The molecule has 4 heteroatoms. The molecule has 0 N–H and O–H groups in total. The Hall–Kier alpha value is -3.27. The van der Waals surface area contributed by atoms with E-state index in [4.69, 9.17) is 4.98 Å². The van der Waals surface area contributed by atoms with Crippen molar-refractivity contribution in [1.29, 1.82) is 0 Å². The maximum Gasteiger partial charge on any atom is 0.187 e. The van der Waals surface area contributed by atoms with Crippen molar-refractivity contribution in [2.45, 2.75) is 20.8 Å². The molecule has 0 atom stereocenters. The van der Waals surface area contributed by atoms with Crippen LogP contribution in [0.1, 0.15) is 16.7 Å². The number of aromatic nitrogens is 2. The minimum Gasteiger partial charge on any atom is -0.282 e. The molecule has 26 heavy (non-hydrogen) atoms. The van der Waals surface area contributed by atoms with Crippen LogP contribution in [0.5, 0.6) is 0 Å². The largest absolute Gasteiger partial charge is 0.282 e. The number of hydrogen-bond acceptors (Lipinski definition) is 3. The highest BCUT2D eigenvalue weighted by Gasteiger charge is 2.15. The van der Waals surface area contributed by atoms with E-state index in [1.807, 2.05) is 53.9 Å². The lowest BCUT2D eigenvalue weighted by atomic mass is 10.1. The molecule has 4 rings (SSSR count). The quantitative estimate of drug-likeness (QED) is 0.401. The highest BCUT2D eigenvalue weighted by molar-refractivity contribution is 5.75. The molecule has 0 aliphatic heterocycles. The summed E-state index contributed by atoms with van der Waals surface area (Å²) >= 11 is 0. The molecule has 0 unspecified atom stereocenters. The standard InChI is InChI=1S/C22H20N4/c1-15-11-12-16(2)19(14-15)24-25-22-20(18-9-5-4-6-10-18)23-21-17(3)8-7-13-26(21)22/h4-14H,1-3H3. The fourth-order valence-corrected chi connectivity index (χ4v) is 3.01. The topological polar surface area (TPSA) is 42.0 Å². The maximum absolute atomic E-state index is 4.84. The monoisotopic (exact) mass is 340 g/mol. The molecule has 0 saturated heterocycles. The van der Waals surface area contributed by atoms with Crippen molar-refractivity contribution in [2.24, 2.45) is 10.2 Å². The Morgan fingerprint density at radius 2 is 1.62 bits per heavy atom. The summed E-state index contributed by atoms with van der Waals surface area (Å²) in [6.45, 7) is 6.17. The Kier molecular flexibility index (Phi) is 4.09. The average molecular weight is 340 g/mol. The molecule has 0 spiro atoms. The van der Waals surface area contributed by atoms with E-state index >= 15 is 0 Å². The molecule has 128 valence electrons. The van der Waals surface area contributed by atoms with Gasteiger partial charge in [-0.1, -0.05) is 48.5 Å². The minimum atomic E-state index is 0.746. The maximum atomic E-state index is 4.84. The predicted octanol–water partition coefficient (Wildman–Crippen LogP) is 6.34. The van der Waals surface area contributed by atoms with Gasteiger partial charge in [0.05, 0.1) is 5.69 Å². The van der Waals surface area contributed by atoms with Gasteiger partial charge in [-0.05, 0) is 49.6 Å². The Balaban J connectivity index is 1.92. The van der Waals surface area contributed by atoms with Gasteiger partial charge in [0, 0.05) is 11.8 Å². The number of pyridine rings is 1. The fraction of sp³-hybridized carbons (Fsp3) is 0.136. The van der Waals surface area contributed by atoms with Crippen molar-refractivity contribution in [3.63, 3.8) is 0 Å². The van der Waals surface area contributed by atoms with E-state index in [1.165, 1.54) is 5.56 Å². The van der Waals surface area contributed by atoms with E-state index in [1.54, 1.807) is 0 Å². The molecule has 0 amide bonds. The molecule has 0 saturated carbocycles. The van der Waals surface area contributed by atoms with E-state index in [2.05, 4.69) is 48.3 Å². The van der Waals surface area contributed by atoms with Crippen molar-refractivity contribution < 1.29 is 0 Å². The van der Waals surface area contributed by atoms with E-state index in [9.17, 15) is 0 Å². The molecule has 2 aromatic heterocycles. The lowest BCUT2D eigenvalue weighted by Crippen LogP contribution is -1.85. The van der Waals surface area contributed by atoms with Gasteiger partial charge in [-0.3, -0.25) is 4.40 Å². The van der Waals surface area contributed by atoms with Gasteiger partial charge in [0.1, 0.15) is 11.3 Å². The Morgan fingerprint density at radius 3 is 2.42 bits per heavy atom. The van der Waals surface area contributed by atoms with E-state index in [0.29, 0.717) is 0 Å². The van der Waals surface area contributed by atoms with Crippen LogP contribution in [0.3, 0.4) is 0 Å². The zero-order valence-electron chi connectivity index (χ0n) is 15.1. The number of imidazole rings is 1. The summed E-state index contributed by atoms with van der Waals surface area (Å²) in [5.74, 6) is 0.746. The molecule has 0 bridgehead atoms. The van der Waals surface area contributed by atoms with Crippen molar-refractivity contribution >= 4 is 17.2 Å². The van der Waals surface area contributed by atoms with Crippen LogP contribution in [0.15, 0.2) is 77.1 Å². The summed E-state index contributed by atoms with van der Waals surface area (Å²) in [6, 6.07) is 20.4. The van der Waals surface area contributed by atoms with Crippen LogP contribution in [0.4, 0.5) is 11.5 Å². The van der Waals surface area contributed by atoms with Crippen LogP contribution >= 0.6 is 0 Å². The van der Waals surface area contributed by atoms with Gasteiger partial charge in [-0.2, -0.15) is 0 Å². The Labute approximate surface area is 152 Å². The summed E-state index contributed by atoms with van der Waals surface area (Å²) in [6.07, 6.45) is 1.99. The van der Waals surface area contributed by atoms with Crippen molar-refractivity contribution in [3.05, 3.63) is 83.6 Å². The normalized spacial score (nSPS) is 11.5. The van der Waals surface area contributed by atoms with Crippen LogP contribution < -0.4 is 0 Å². The van der Waals surface area contributed by atoms with Crippen molar-refractivity contribution in [2.75, 3.05) is 0 Å². The molecule has 0 radical (unpaired) electrons. The van der Waals surface area contributed by atoms with Crippen LogP contribution in [-0.4, -0.2) is 9.38 Å². The van der Waals surface area contributed by atoms with Crippen LogP contribution in [0, 0.1) is 20.8 Å². The summed E-state index contributed by atoms with van der Waals surface area (Å²) in [5.41, 5.74) is 7.04. The Bertz CT molecular complexity index is 1110. The number of nitrogens with zero attached hydrogens (tertiary/aromatic N) is 4. The molecule has 4 aromatic rings. The highest BCUT2D eigenvalue weighted by atomic mass is 15.2. The summed E-state index contributed by atoms with van der Waals surface area (Å²) < 4.78 is 2.01. The van der Waals surface area contributed by atoms with Gasteiger partial charge in [0.15, 0.2) is 5.82 Å². The number of rotatable bonds is 3. The van der Waals surface area contributed by atoms with Crippen LogP contribution in [0.25, 0.3) is 16.9 Å². The first-order valence-electron chi connectivity index (χ1n) is 8.65. The molecular formula is C22H20N4. The smallest absolute Gasteiger partial charge is 0.187 e. The summed E-state index contributed by atoms with van der Waals surface area (Å²) in [7, 11) is 0. The van der Waals surface area contributed by atoms with Crippen molar-refractivity contribution in [1.82, 2.24) is 9.38 Å². The first kappa shape index (κ1) is 16.2. The molecule has 0 aliphatic rings. The van der Waals surface area contributed by atoms with Gasteiger partial charge in [-0.15, -0.1) is 10.2 Å². The molecule has 4 nitrogen and oxygen atoms in total. The summed E-state index contributed by atoms with van der Waals surface area (Å²) in [4.78, 5) is 4.84. The van der Waals surface area contributed by atoms with Gasteiger partial charge in [0.2, 0.25) is 0 Å². The van der Waals surface area contributed by atoms with Gasteiger partial charge in [-0.25, -0.2) is 4.98 Å².